The molecule has 1 rings (SSSR count). The Bertz CT molecular complexity index is 516. The Morgan fingerprint density at radius 2 is 1.44 bits per heavy atom. The molecule has 0 aromatic carbocycles. The average molecular weight is 362 g/mol. The van der Waals surface area contributed by atoms with Crippen molar-refractivity contribution in [2.24, 2.45) is 0 Å². The van der Waals surface area contributed by atoms with E-state index in [1.54, 1.807) is 0 Å². The molecule has 1 fully saturated rings. The standard InChI is InChI=1S/C15H22O10/c1-7(16)21-6-11(22-8(2)17)12-13(23-9(3)18)14(24-10(4)19)15(20-5)25-12/h11-15H,6H2,1-5H3/t11-,12-,13+,14+,15+/m1/s1. The maximum Gasteiger partial charge on any atom is 0.303 e. The molecule has 10 heteroatoms. The van der Waals surface area contributed by atoms with Crippen LogP contribution in [0.25, 0.3) is 0 Å². The van der Waals surface area contributed by atoms with Crippen LogP contribution in [-0.2, 0) is 47.6 Å². The molecule has 0 saturated carbocycles. The minimum atomic E-state index is -1.12. The topological polar surface area (TPSA) is 124 Å². The van der Waals surface area contributed by atoms with Gasteiger partial charge in [0.2, 0.25) is 0 Å². The summed E-state index contributed by atoms with van der Waals surface area (Å²) in [6, 6.07) is 0. The smallest absolute Gasteiger partial charge is 0.303 e. The van der Waals surface area contributed by atoms with Crippen LogP contribution in [0.2, 0.25) is 0 Å². The largest absolute Gasteiger partial charge is 0.462 e. The van der Waals surface area contributed by atoms with Crippen molar-refractivity contribution in [1.29, 1.82) is 0 Å². The van der Waals surface area contributed by atoms with E-state index in [0.717, 1.165) is 13.8 Å². The lowest BCUT2D eigenvalue weighted by Gasteiger charge is -2.27. The lowest BCUT2D eigenvalue weighted by atomic mass is 10.1. The van der Waals surface area contributed by atoms with Crippen molar-refractivity contribution in [3.05, 3.63) is 0 Å². The molecule has 0 bridgehead atoms. The molecule has 0 radical (unpaired) electrons. The van der Waals surface area contributed by atoms with Crippen LogP contribution in [0.4, 0.5) is 0 Å². The maximum atomic E-state index is 11.4. The summed E-state index contributed by atoms with van der Waals surface area (Å²) in [5.74, 6) is -2.56. The van der Waals surface area contributed by atoms with Gasteiger partial charge in [-0.3, -0.25) is 19.2 Å². The van der Waals surface area contributed by atoms with Crippen molar-refractivity contribution < 1.29 is 47.6 Å². The summed E-state index contributed by atoms with van der Waals surface area (Å²) < 4.78 is 31.0. The van der Waals surface area contributed by atoms with E-state index >= 15 is 0 Å². The van der Waals surface area contributed by atoms with Gasteiger partial charge in [-0.1, -0.05) is 0 Å². The SMILES string of the molecule is CO[C@H]1O[C@H]([C@@H](COC(C)=O)OC(C)=O)[C@H](OC(C)=O)[C@@H]1OC(C)=O. The number of ether oxygens (including phenoxy) is 6. The van der Waals surface area contributed by atoms with Crippen molar-refractivity contribution in [3.8, 4) is 0 Å². The maximum absolute atomic E-state index is 11.4. The Labute approximate surface area is 144 Å². The van der Waals surface area contributed by atoms with Crippen LogP contribution in [0.1, 0.15) is 27.7 Å². The monoisotopic (exact) mass is 362 g/mol. The van der Waals surface area contributed by atoms with E-state index in [1.807, 2.05) is 0 Å². The number of hydrogen-bond acceptors (Lipinski definition) is 10. The number of carbonyl (C=O) groups is 4. The molecule has 1 aliphatic heterocycles. The van der Waals surface area contributed by atoms with Gasteiger partial charge >= 0.3 is 23.9 Å². The molecule has 0 aliphatic carbocycles. The van der Waals surface area contributed by atoms with Crippen LogP contribution in [0.5, 0.6) is 0 Å². The molecule has 1 heterocycles. The highest BCUT2D eigenvalue weighted by Gasteiger charge is 2.53. The van der Waals surface area contributed by atoms with Gasteiger partial charge in [-0.05, 0) is 0 Å². The highest BCUT2D eigenvalue weighted by atomic mass is 16.7. The zero-order valence-corrected chi connectivity index (χ0v) is 14.7. The molecule has 10 nitrogen and oxygen atoms in total. The Morgan fingerprint density at radius 1 is 0.880 bits per heavy atom. The third-order valence-electron chi connectivity index (χ3n) is 3.18. The summed E-state index contributed by atoms with van der Waals surface area (Å²) in [6.45, 7) is 4.35. The van der Waals surface area contributed by atoms with Crippen LogP contribution in [0.15, 0.2) is 0 Å². The van der Waals surface area contributed by atoms with Crippen LogP contribution >= 0.6 is 0 Å². The zero-order valence-electron chi connectivity index (χ0n) is 14.7. The van der Waals surface area contributed by atoms with Crippen molar-refractivity contribution >= 4 is 23.9 Å². The van der Waals surface area contributed by atoms with Crippen molar-refractivity contribution in [2.75, 3.05) is 13.7 Å². The first-order chi connectivity index (χ1) is 11.6. The van der Waals surface area contributed by atoms with Crippen LogP contribution < -0.4 is 0 Å². The van der Waals surface area contributed by atoms with E-state index in [2.05, 4.69) is 0 Å². The lowest BCUT2D eigenvalue weighted by molar-refractivity contribution is -0.191. The molecule has 142 valence electrons. The lowest BCUT2D eigenvalue weighted by Crippen LogP contribution is -2.46. The first kappa shape index (κ1) is 20.8. The van der Waals surface area contributed by atoms with E-state index in [4.69, 9.17) is 28.4 Å². The minimum absolute atomic E-state index is 0.333. The molecule has 1 aliphatic rings. The first-order valence-electron chi connectivity index (χ1n) is 7.49. The second kappa shape index (κ2) is 9.33. The molecule has 0 unspecified atom stereocenters. The second-order valence-corrected chi connectivity index (χ2v) is 5.30. The van der Waals surface area contributed by atoms with Crippen molar-refractivity contribution in [2.45, 2.75) is 58.4 Å². The highest BCUT2D eigenvalue weighted by Crippen LogP contribution is 2.31. The molecule has 0 N–H and O–H groups in total. The van der Waals surface area contributed by atoms with Gasteiger partial charge in [0.05, 0.1) is 0 Å². The molecule has 0 spiro atoms. The van der Waals surface area contributed by atoms with Gasteiger partial charge < -0.3 is 28.4 Å². The summed E-state index contributed by atoms with van der Waals surface area (Å²) in [7, 11) is 1.31. The fourth-order valence-corrected chi connectivity index (χ4v) is 2.39. The third-order valence-corrected chi connectivity index (χ3v) is 3.18. The van der Waals surface area contributed by atoms with Crippen LogP contribution in [0, 0.1) is 0 Å². The Morgan fingerprint density at radius 3 is 1.88 bits per heavy atom. The molecule has 25 heavy (non-hydrogen) atoms. The molecule has 0 aromatic heterocycles. The first-order valence-corrected chi connectivity index (χ1v) is 7.49. The fourth-order valence-electron chi connectivity index (χ4n) is 2.39. The van der Waals surface area contributed by atoms with E-state index in [1.165, 1.54) is 21.0 Å². The Balaban J connectivity index is 3.10. The van der Waals surface area contributed by atoms with E-state index in [0.29, 0.717) is 0 Å². The summed E-state index contributed by atoms with van der Waals surface area (Å²) in [5, 5.41) is 0. The number of methoxy groups -OCH3 is 1. The van der Waals surface area contributed by atoms with Gasteiger partial charge in [0.15, 0.2) is 24.6 Å². The summed E-state index contributed by atoms with van der Waals surface area (Å²) in [5.41, 5.74) is 0. The Kier molecular flexibility index (Phi) is 7.78. The van der Waals surface area contributed by atoms with Gasteiger partial charge in [-0.15, -0.1) is 0 Å². The summed E-state index contributed by atoms with van der Waals surface area (Å²) in [4.78, 5) is 45.2. The molecule has 0 amide bonds. The van der Waals surface area contributed by atoms with Gasteiger partial charge in [0.1, 0.15) is 12.7 Å². The quantitative estimate of drug-likeness (QED) is 0.441. The minimum Gasteiger partial charge on any atom is -0.462 e. The molecular weight excluding hydrogens is 340 g/mol. The summed E-state index contributed by atoms with van der Waals surface area (Å²) in [6.07, 6.45) is -5.42. The normalized spacial score (nSPS) is 26.4. The molecule has 1 saturated heterocycles. The van der Waals surface area contributed by atoms with E-state index < -0.39 is 54.6 Å². The van der Waals surface area contributed by atoms with Crippen LogP contribution in [-0.4, -0.2) is 68.3 Å². The van der Waals surface area contributed by atoms with Crippen molar-refractivity contribution in [1.82, 2.24) is 0 Å². The molecule has 5 atom stereocenters. The fraction of sp³-hybridized carbons (Fsp3) is 0.733. The number of hydrogen-bond donors (Lipinski definition) is 0. The van der Waals surface area contributed by atoms with Crippen LogP contribution in [0.3, 0.4) is 0 Å². The van der Waals surface area contributed by atoms with Crippen molar-refractivity contribution in [3.63, 3.8) is 0 Å². The van der Waals surface area contributed by atoms with Gasteiger partial charge in [0.25, 0.3) is 0 Å². The van der Waals surface area contributed by atoms with E-state index in [-0.39, 0.29) is 6.61 Å². The van der Waals surface area contributed by atoms with Gasteiger partial charge in [0, 0.05) is 34.8 Å². The predicted octanol–water partition coefficient (Wildman–Crippen LogP) is -0.284. The number of rotatable bonds is 7. The zero-order chi connectivity index (χ0) is 19.1. The predicted molar refractivity (Wildman–Crippen MR) is 79.0 cm³/mol. The Hall–Kier alpha value is -2.20. The molecule has 0 aromatic rings. The van der Waals surface area contributed by atoms with Gasteiger partial charge in [-0.25, -0.2) is 0 Å². The number of carbonyl (C=O) groups excluding carboxylic acids is 4. The third kappa shape index (κ3) is 6.31. The second-order valence-electron chi connectivity index (χ2n) is 5.30. The summed E-state index contributed by atoms with van der Waals surface area (Å²) >= 11 is 0. The average Bonchev–Trinajstić information content (AvgIpc) is 2.79. The highest BCUT2D eigenvalue weighted by molar-refractivity contribution is 5.68. The van der Waals surface area contributed by atoms with E-state index in [9.17, 15) is 19.2 Å². The van der Waals surface area contributed by atoms with Gasteiger partial charge in [-0.2, -0.15) is 0 Å². The molecular formula is C15H22O10. The number of esters is 4.